The van der Waals surface area contributed by atoms with Crippen molar-refractivity contribution < 1.29 is 8.42 Å². The molecule has 2 unspecified atom stereocenters. The number of nitrogens with one attached hydrogen (secondary N) is 1. The zero-order valence-corrected chi connectivity index (χ0v) is 7.95. The van der Waals surface area contributed by atoms with Crippen molar-refractivity contribution in [2.24, 2.45) is 11.8 Å². The first-order valence-electron chi connectivity index (χ1n) is 3.58. The van der Waals surface area contributed by atoms with Gasteiger partial charge in [0, 0.05) is 6.54 Å². The van der Waals surface area contributed by atoms with Crippen molar-refractivity contribution in [2.45, 2.75) is 13.3 Å². The minimum Gasteiger partial charge on any atom is -0.214 e. The molecule has 1 rings (SSSR count). The molecule has 66 valence electrons. The zero-order chi connectivity index (χ0) is 8.48. The number of rotatable bonds is 4. The predicted molar refractivity (Wildman–Crippen MR) is 44.9 cm³/mol. The lowest BCUT2D eigenvalue weighted by Crippen LogP contribution is -2.26. The number of hydrogen-bond acceptors (Lipinski definition) is 2. The molecule has 5 heteroatoms. The Balaban J connectivity index is 2.22. The van der Waals surface area contributed by atoms with Crippen molar-refractivity contribution in [1.29, 1.82) is 0 Å². The Labute approximate surface area is 72.2 Å². The molecule has 11 heavy (non-hydrogen) atoms. The Morgan fingerprint density at radius 1 is 1.64 bits per heavy atom. The number of sulfonamides is 1. The maximum atomic E-state index is 10.8. The van der Waals surface area contributed by atoms with Gasteiger partial charge >= 0.3 is 0 Å². The maximum Gasteiger partial charge on any atom is 0.225 e. The molecule has 0 bridgehead atoms. The summed E-state index contributed by atoms with van der Waals surface area (Å²) in [4.78, 5) is 0. The molecule has 0 aromatic rings. The van der Waals surface area contributed by atoms with Crippen LogP contribution in [0.5, 0.6) is 0 Å². The molecule has 0 amide bonds. The van der Waals surface area contributed by atoms with E-state index in [1.807, 2.05) is 0 Å². The zero-order valence-electron chi connectivity index (χ0n) is 6.38. The molecule has 3 nitrogen and oxygen atoms in total. The highest BCUT2D eigenvalue weighted by Gasteiger charge is 2.32. The SMILES string of the molecule is CC1CC1CNS(=O)(=O)CCl. The Morgan fingerprint density at radius 2 is 2.18 bits per heavy atom. The van der Waals surface area contributed by atoms with E-state index in [2.05, 4.69) is 11.6 Å². The van der Waals surface area contributed by atoms with Gasteiger partial charge in [0.15, 0.2) is 0 Å². The Bertz CT molecular complexity index is 227. The Morgan fingerprint density at radius 3 is 2.55 bits per heavy atom. The van der Waals surface area contributed by atoms with Gasteiger partial charge in [0.2, 0.25) is 10.0 Å². The second-order valence-electron chi connectivity index (χ2n) is 3.05. The van der Waals surface area contributed by atoms with Gasteiger partial charge in [-0.15, -0.1) is 11.6 Å². The van der Waals surface area contributed by atoms with Gasteiger partial charge in [-0.05, 0) is 18.3 Å². The van der Waals surface area contributed by atoms with Crippen molar-refractivity contribution in [3.05, 3.63) is 0 Å². The third-order valence-electron chi connectivity index (χ3n) is 1.99. The van der Waals surface area contributed by atoms with Gasteiger partial charge in [-0.1, -0.05) is 6.92 Å². The van der Waals surface area contributed by atoms with Crippen LogP contribution in [0.25, 0.3) is 0 Å². The number of halogens is 1. The molecule has 1 aliphatic carbocycles. The lowest BCUT2D eigenvalue weighted by atomic mass is 10.3. The van der Waals surface area contributed by atoms with E-state index in [-0.39, 0.29) is 5.21 Å². The minimum atomic E-state index is -3.18. The van der Waals surface area contributed by atoms with E-state index in [9.17, 15) is 8.42 Å². The van der Waals surface area contributed by atoms with Crippen LogP contribution in [0.4, 0.5) is 0 Å². The Kier molecular flexibility index (Phi) is 2.78. The molecule has 1 fully saturated rings. The molecule has 1 saturated carbocycles. The van der Waals surface area contributed by atoms with Crippen LogP contribution in [0.3, 0.4) is 0 Å². The van der Waals surface area contributed by atoms with Crippen LogP contribution in [0.2, 0.25) is 0 Å². The lowest BCUT2D eigenvalue weighted by Gasteiger charge is -2.00. The van der Waals surface area contributed by atoms with Crippen molar-refractivity contribution >= 4 is 21.6 Å². The van der Waals surface area contributed by atoms with Gasteiger partial charge in [-0.25, -0.2) is 13.1 Å². The molecule has 0 aromatic heterocycles. The second-order valence-corrected chi connectivity index (χ2v) is 5.44. The average molecular weight is 198 g/mol. The van der Waals surface area contributed by atoms with Crippen molar-refractivity contribution in [3.8, 4) is 0 Å². The third kappa shape index (κ3) is 2.97. The van der Waals surface area contributed by atoms with Crippen LogP contribution in [0, 0.1) is 11.8 Å². The highest BCUT2D eigenvalue weighted by atomic mass is 35.5. The van der Waals surface area contributed by atoms with Gasteiger partial charge < -0.3 is 0 Å². The van der Waals surface area contributed by atoms with E-state index in [1.165, 1.54) is 0 Å². The molecule has 0 aliphatic heterocycles. The normalized spacial score (nSPS) is 30.4. The summed E-state index contributed by atoms with van der Waals surface area (Å²) in [5, 5.41) is -0.339. The van der Waals surface area contributed by atoms with Crippen molar-refractivity contribution in [1.82, 2.24) is 4.72 Å². The summed E-state index contributed by atoms with van der Waals surface area (Å²) in [6.07, 6.45) is 1.13. The van der Waals surface area contributed by atoms with Crippen LogP contribution < -0.4 is 4.72 Å². The maximum absolute atomic E-state index is 10.8. The lowest BCUT2D eigenvalue weighted by molar-refractivity contribution is 0.579. The minimum absolute atomic E-state index is 0.339. The van der Waals surface area contributed by atoms with Crippen LogP contribution in [0.1, 0.15) is 13.3 Å². The first-order chi connectivity index (χ1) is 5.05. The first kappa shape index (κ1) is 9.29. The fraction of sp³-hybridized carbons (Fsp3) is 1.00. The van der Waals surface area contributed by atoms with Gasteiger partial charge in [0.25, 0.3) is 0 Å². The van der Waals surface area contributed by atoms with Crippen LogP contribution in [0.15, 0.2) is 0 Å². The van der Waals surface area contributed by atoms with Crippen LogP contribution >= 0.6 is 11.6 Å². The van der Waals surface area contributed by atoms with Gasteiger partial charge in [-0.2, -0.15) is 0 Å². The van der Waals surface area contributed by atoms with Crippen LogP contribution in [-0.2, 0) is 10.0 Å². The summed E-state index contributed by atoms with van der Waals surface area (Å²) >= 11 is 5.18. The predicted octanol–water partition coefficient (Wildman–Crippen LogP) is 0.758. The summed E-state index contributed by atoms with van der Waals surface area (Å²) < 4.78 is 24.0. The molecule has 0 spiro atoms. The molecule has 2 atom stereocenters. The highest BCUT2D eigenvalue weighted by molar-refractivity contribution is 7.90. The van der Waals surface area contributed by atoms with Crippen molar-refractivity contribution in [2.75, 3.05) is 11.8 Å². The van der Waals surface area contributed by atoms with E-state index in [0.717, 1.165) is 6.42 Å². The van der Waals surface area contributed by atoms with E-state index >= 15 is 0 Å². The van der Waals surface area contributed by atoms with Crippen molar-refractivity contribution in [3.63, 3.8) is 0 Å². The third-order valence-corrected chi connectivity index (χ3v) is 3.74. The average Bonchev–Trinajstić information content (AvgIpc) is 2.63. The monoisotopic (exact) mass is 197 g/mol. The molecular formula is C6H12ClNO2S. The van der Waals surface area contributed by atoms with E-state index in [0.29, 0.717) is 18.4 Å². The molecule has 0 heterocycles. The number of hydrogen-bond donors (Lipinski definition) is 1. The molecule has 0 aromatic carbocycles. The molecule has 0 saturated heterocycles. The quantitative estimate of drug-likeness (QED) is 0.677. The van der Waals surface area contributed by atoms with E-state index in [1.54, 1.807) is 0 Å². The fourth-order valence-electron chi connectivity index (χ4n) is 0.956. The molecular weight excluding hydrogens is 186 g/mol. The van der Waals surface area contributed by atoms with Gasteiger partial charge in [-0.3, -0.25) is 0 Å². The smallest absolute Gasteiger partial charge is 0.214 e. The summed E-state index contributed by atoms with van der Waals surface area (Å²) in [7, 11) is -3.18. The summed E-state index contributed by atoms with van der Waals surface area (Å²) in [6, 6.07) is 0. The fourth-order valence-corrected chi connectivity index (χ4v) is 1.73. The van der Waals surface area contributed by atoms with Gasteiger partial charge in [0.05, 0.1) is 0 Å². The van der Waals surface area contributed by atoms with Gasteiger partial charge in [0.1, 0.15) is 5.21 Å². The summed E-state index contributed by atoms with van der Waals surface area (Å²) in [6.45, 7) is 2.66. The Hall–Kier alpha value is 0.200. The number of alkyl halides is 1. The molecule has 1 N–H and O–H groups in total. The summed E-state index contributed by atoms with van der Waals surface area (Å²) in [5.41, 5.74) is 0. The highest BCUT2D eigenvalue weighted by Crippen LogP contribution is 2.36. The standard InChI is InChI=1S/C6H12ClNO2S/c1-5-2-6(5)3-8-11(9,10)4-7/h5-6,8H,2-4H2,1H3. The second kappa shape index (κ2) is 3.29. The van der Waals surface area contributed by atoms with E-state index in [4.69, 9.17) is 11.6 Å². The first-order valence-corrected chi connectivity index (χ1v) is 5.77. The topological polar surface area (TPSA) is 46.2 Å². The van der Waals surface area contributed by atoms with Crippen LogP contribution in [-0.4, -0.2) is 20.2 Å². The summed E-state index contributed by atoms with van der Waals surface area (Å²) in [5.74, 6) is 1.21. The molecule has 1 aliphatic rings. The largest absolute Gasteiger partial charge is 0.225 e. The molecule has 0 radical (unpaired) electrons. The van der Waals surface area contributed by atoms with E-state index < -0.39 is 10.0 Å².